The lowest BCUT2D eigenvalue weighted by Gasteiger charge is -2.35. The maximum absolute atomic E-state index is 11.1. The number of likely N-dealkylation sites (tertiary alicyclic amines) is 1. The quantitative estimate of drug-likeness (QED) is 0.485. The Hall–Kier alpha value is -1.70. The molecule has 1 aromatic rings. The number of nitrogens with one attached hydrogen (secondary N) is 1. The second-order valence-corrected chi connectivity index (χ2v) is 5.73. The van der Waals surface area contributed by atoms with E-state index < -0.39 is 4.92 Å². The van der Waals surface area contributed by atoms with Gasteiger partial charge < -0.3 is 10.3 Å². The minimum Gasteiger partial charge on any atom is -0.318 e. The SMILES string of the molecule is CN1CCCC(N(C)Cc2ccc(NN)c([N+](=O)[O-])c2)C1. The Morgan fingerprint density at radius 1 is 1.57 bits per heavy atom. The number of nitro benzene ring substituents is 1. The average molecular weight is 293 g/mol. The van der Waals surface area contributed by atoms with Crippen LogP contribution >= 0.6 is 0 Å². The Kier molecular flexibility index (Phi) is 5.11. The van der Waals surface area contributed by atoms with Gasteiger partial charge in [0.25, 0.3) is 5.69 Å². The molecule has 1 atom stereocenters. The van der Waals surface area contributed by atoms with E-state index in [2.05, 4.69) is 29.3 Å². The zero-order valence-electron chi connectivity index (χ0n) is 12.6. The molecule has 3 N–H and O–H groups in total. The molecule has 0 aromatic heterocycles. The average Bonchev–Trinajstić information content (AvgIpc) is 2.47. The van der Waals surface area contributed by atoms with Gasteiger partial charge in [0.2, 0.25) is 0 Å². The van der Waals surface area contributed by atoms with E-state index >= 15 is 0 Å². The van der Waals surface area contributed by atoms with Gasteiger partial charge in [0.15, 0.2) is 0 Å². The third-order valence-electron chi connectivity index (χ3n) is 4.07. The van der Waals surface area contributed by atoms with E-state index in [1.807, 2.05) is 6.07 Å². The van der Waals surface area contributed by atoms with Gasteiger partial charge in [-0.05, 0) is 45.1 Å². The zero-order chi connectivity index (χ0) is 15.4. The summed E-state index contributed by atoms with van der Waals surface area (Å²) in [6.45, 7) is 2.89. The van der Waals surface area contributed by atoms with Crippen LogP contribution in [0.1, 0.15) is 18.4 Å². The number of piperidine rings is 1. The first kappa shape index (κ1) is 15.7. The zero-order valence-corrected chi connectivity index (χ0v) is 12.6. The van der Waals surface area contributed by atoms with Gasteiger partial charge in [-0.1, -0.05) is 6.07 Å². The summed E-state index contributed by atoms with van der Waals surface area (Å²) in [4.78, 5) is 15.2. The first-order valence-electron chi connectivity index (χ1n) is 7.14. The van der Waals surface area contributed by atoms with E-state index in [1.165, 1.54) is 12.8 Å². The van der Waals surface area contributed by atoms with E-state index in [0.717, 1.165) is 18.7 Å². The number of hydrazine groups is 1. The molecule has 0 saturated carbocycles. The fraction of sp³-hybridized carbons (Fsp3) is 0.571. The summed E-state index contributed by atoms with van der Waals surface area (Å²) in [6.07, 6.45) is 2.37. The van der Waals surface area contributed by atoms with Crippen molar-refractivity contribution in [3.63, 3.8) is 0 Å². The van der Waals surface area contributed by atoms with Crippen molar-refractivity contribution in [1.82, 2.24) is 9.80 Å². The van der Waals surface area contributed by atoms with Crippen molar-refractivity contribution in [3.8, 4) is 0 Å². The number of nitro groups is 1. The molecule has 21 heavy (non-hydrogen) atoms. The molecule has 0 bridgehead atoms. The number of hydrogen-bond acceptors (Lipinski definition) is 6. The number of hydrogen-bond donors (Lipinski definition) is 2. The van der Waals surface area contributed by atoms with Crippen molar-refractivity contribution in [2.45, 2.75) is 25.4 Å². The molecule has 1 aromatic carbocycles. The van der Waals surface area contributed by atoms with E-state index in [9.17, 15) is 10.1 Å². The summed E-state index contributed by atoms with van der Waals surface area (Å²) in [5.74, 6) is 5.30. The standard InChI is InChI=1S/C14H23N5O2/c1-17-7-3-4-12(10-17)18(2)9-11-5-6-13(16-15)14(8-11)19(20)21/h5-6,8,12,16H,3-4,7,9-10,15H2,1-2H3. The van der Waals surface area contributed by atoms with Crippen LogP contribution in [-0.2, 0) is 6.54 Å². The third kappa shape index (κ3) is 3.90. The minimum absolute atomic E-state index is 0.0177. The van der Waals surface area contributed by atoms with Crippen molar-refractivity contribution in [3.05, 3.63) is 33.9 Å². The van der Waals surface area contributed by atoms with Crippen molar-refractivity contribution < 1.29 is 4.92 Å². The maximum Gasteiger partial charge on any atom is 0.293 e. The summed E-state index contributed by atoms with van der Waals surface area (Å²) in [7, 11) is 4.21. The number of benzene rings is 1. The van der Waals surface area contributed by atoms with Crippen molar-refractivity contribution in [2.75, 3.05) is 32.6 Å². The second-order valence-electron chi connectivity index (χ2n) is 5.73. The number of nitrogens with two attached hydrogens (primary N) is 1. The third-order valence-corrected chi connectivity index (χ3v) is 4.07. The van der Waals surface area contributed by atoms with Gasteiger partial charge in [-0.3, -0.25) is 20.9 Å². The van der Waals surface area contributed by atoms with Crippen molar-refractivity contribution in [2.24, 2.45) is 5.84 Å². The number of nitrogen functional groups attached to an aromatic ring is 1. The highest BCUT2D eigenvalue weighted by molar-refractivity contribution is 5.61. The molecule has 1 aliphatic rings. The molecular formula is C14H23N5O2. The molecule has 1 fully saturated rings. The lowest BCUT2D eigenvalue weighted by atomic mass is 10.0. The maximum atomic E-state index is 11.1. The number of likely N-dealkylation sites (N-methyl/N-ethyl adjacent to an activating group) is 2. The Balaban J connectivity index is 2.08. The van der Waals surface area contributed by atoms with Crippen LogP contribution in [0.2, 0.25) is 0 Å². The molecule has 7 heteroatoms. The molecule has 0 radical (unpaired) electrons. The van der Waals surface area contributed by atoms with E-state index in [0.29, 0.717) is 18.3 Å². The molecule has 1 saturated heterocycles. The van der Waals surface area contributed by atoms with Gasteiger partial charge in [0, 0.05) is 25.2 Å². The molecular weight excluding hydrogens is 270 g/mol. The van der Waals surface area contributed by atoms with Gasteiger partial charge >= 0.3 is 0 Å². The van der Waals surface area contributed by atoms with Crippen LogP contribution in [-0.4, -0.2) is 47.9 Å². The van der Waals surface area contributed by atoms with E-state index in [-0.39, 0.29) is 5.69 Å². The summed E-state index contributed by atoms with van der Waals surface area (Å²) in [5, 5.41) is 11.1. The van der Waals surface area contributed by atoms with Gasteiger partial charge in [0.05, 0.1) is 4.92 Å². The van der Waals surface area contributed by atoms with Gasteiger partial charge in [-0.15, -0.1) is 0 Å². The summed E-state index contributed by atoms with van der Waals surface area (Å²) >= 11 is 0. The molecule has 0 spiro atoms. The molecule has 0 aliphatic carbocycles. The van der Waals surface area contributed by atoms with Crippen LogP contribution in [0.25, 0.3) is 0 Å². The van der Waals surface area contributed by atoms with Crippen LogP contribution in [0, 0.1) is 10.1 Å². The highest BCUT2D eigenvalue weighted by Gasteiger charge is 2.22. The summed E-state index contributed by atoms with van der Waals surface area (Å²) < 4.78 is 0. The van der Waals surface area contributed by atoms with Gasteiger partial charge in [-0.2, -0.15) is 0 Å². The monoisotopic (exact) mass is 293 g/mol. The first-order valence-corrected chi connectivity index (χ1v) is 7.14. The predicted octanol–water partition coefficient (Wildman–Crippen LogP) is 1.41. The largest absolute Gasteiger partial charge is 0.318 e. The molecule has 1 heterocycles. The molecule has 7 nitrogen and oxygen atoms in total. The summed E-state index contributed by atoms with van der Waals surface area (Å²) in [5.41, 5.74) is 3.65. The van der Waals surface area contributed by atoms with Crippen LogP contribution in [0.3, 0.4) is 0 Å². The Bertz CT molecular complexity index is 508. The van der Waals surface area contributed by atoms with Crippen molar-refractivity contribution in [1.29, 1.82) is 0 Å². The fourth-order valence-electron chi connectivity index (χ4n) is 2.86. The fourth-order valence-corrected chi connectivity index (χ4v) is 2.86. The van der Waals surface area contributed by atoms with Crippen molar-refractivity contribution >= 4 is 11.4 Å². The molecule has 116 valence electrons. The normalized spacial score (nSPS) is 19.7. The molecule has 0 amide bonds. The molecule has 1 aliphatic heterocycles. The summed E-state index contributed by atoms with van der Waals surface area (Å²) in [6, 6.07) is 5.63. The van der Waals surface area contributed by atoms with E-state index in [1.54, 1.807) is 12.1 Å². The number of nitrogens with zero attached hydrogens (tertiary/aromatic N) is 3. The predicted molar refractivity (Wildman–Crippen MR) is 82.9 cm³/mol. The molecule has 2 rings (SSSR count). The highest BCUT2D eigenvalue weighted by Crippen LogP contribution is 2.26. The lowest BCUT2D eigenvalue weighted by molar-refractivity contribution is -0.384. The first-order chi connectivity index (χ1) is 10.0. The topological polar surface area (TPSA) is 87.7 Å². The Morgan fingerprint density at radius 2 is 2.33 bits per heavy atom. The molecule has 1 unspecified atom stereocenters. The minimum atomic E-state index is -0.410. The van der Waals surface area contributed by atoms with Crippen LogP contribution in [0.15, 0.2) is 18.2 Å². The Morgan fingerprint density at radius 3 is 2.95 bits per heavy atom. The smallest absolute Gasteiger partial charge is 0.293 e. The van der Waals surface area contributed by atoms with Crippen LogP contribution in [0.5, 0.6) is 0 Å². The van der Waals surface area contributed by atoms with Crippen LogP contribution < -0.4 is 11.3 Å². The van der Waals surface area contributed by atoms with Gasteiger partial charge in [0.1, 0.15) is 5.69 Å². The lowest BCUT2D eigenvalue weighted by Crippen LogP contribution is -2.44. The van der Waals surface area contributed by atoms with E-state index in [4.69, 9.17) is 5.84 Å². The number of anilines is 1. The number of rotatable bonds is 5. The highest BCUT2D eigenvalue weighted by atomic mass is 16.6. The second kappa shape index (κ2) is 6.84. The van der Waals surface area contributed by atoms with Gasteiger partial charge in [-0.25, -0.2) is 0 Å². The van der Waals surface area contributed by atoms with Crippen LogP contribution in [0.4, 0.5) is 11.4 Å². The Labute approximate surface area is 124 Å².